The van der Waals surface area contributed by atoms with Crippen molar-refractivity contribution in [3.63, 3.8) is 0 Å². The van der Waals surface area contributed by atoms with Gasteiger partial charge in [-0.05, 0) is 41.3 Å². The molecular formula is C28H25N3O2S. The van der Waals surface area contributed by atoms with Gasteiger partial charge in [0.25, 0.3) is 10.0 Å². The summed E-state index contributed by atoms with van der Waals surface area (Å²) in [5.41, 5.74) is 6.04. The second kappa shape index (κ2) is 10.2. The molecular weight excluding hydrogens is 442 g/mol. The van der Waals surface area contributed by atoms with Crippen LogP contribution in [0.1, 0.15) is 16.7 Å². The van der Waals surface area contributed by atoms with Crippen molar-refractivity contribution >= 4 is 15.7 Å². The Bertz CT molecular complexity index is 1410. The van der Waals surface area contributed by atoms with Gasteiger partial charge in [-0.3, -0.25) is 0 Å². The molecule has 0 heterocycles. The lowest BCUT2D eigenvalue weighted by molar-refractivity contribution is 0.591. The van der Waals surface area contributed by atoms with Crippen LogP contribution in [0.3, 0.4) is 0 Å². The zero-order chi connectivity index (χ0) is 24.0. The van der Waals surface area contributed by atoms with Crippen molar-refractivity contribution < 1.29 is 8.42 Å². The van der Waals surface area contributed by atoms with Gasteiger partial charge in [0.2, 0.25) is 0 Å². The zero-order valence-electron chi connectivity index (χ0n) is 18.8. The number of hydrogen-bond donors (Lipinski definition) is 1. The van der Waals surface area contributed by atoms with Crippen molar-refractivity contribution in [2.45, 2.75) is 24.9 Å². The maximum absolute atomic E-state index is 12.5. The first-order chi connectivity index (χ1) is 16.5. The van der Waals surface area contributed by atoms with Gasteiger partial charge in [0.05, 0.1) is 4.90 Å². The molecule has 4 aromatic rings. The van der Waals surface area contributed by atoms with Crippen LogP contribution in [-0.4, -0.2) is 8.42 Å². The Morgan fingerprint density at radius 1 is 0.765 bits per heavy atom. The second-order valence-electron chi connectivity index (χ2n) is 8.04. The fourth-order valence-electron chi connectivity index (χ4n) is 4.01. The Morgan fingerprint density at radius 3 is 2.03 bits per heavy atom. The lowest BCUT2D eigenvalue weighted by Gasteiger charge is -2.27. The van der Waals surface area contributed by atoms with Crippen LogP contribution < -0.4 is 9.62 Å². The molecule has 4 rings (SSSR count). The summed E-state index contributed by atoms with van der Waals surface area (Å²) < 4.78 is 26.8. The Kier molecular flexibility index (Phi) is 6.95. The normalized spacial score (nSPS) is 10.9. The number of hydrogen-bond acceptors (Lipinski definition) is 4. The average Bonchev–Trinajstić information content (AvgIpc) is 2.85. The van der Waals surface area contributed by atoms with Gasteiger partial charge in [0.1, 0.15) is 0 Å². The minimum Gasteiger partial charge on any atom is -0.363 e. The highest BCUT2D eigenvalue weighted by molar-refractivity contribution is 7.89. The summed E-state index contributed by atoms with van der Waals surface area (Å²) >= 11 is 0. The van der Waals surface area contributed by atoms with Crippen molar-refractivity contribution in [3.05, 3.63) is 120 Å². The Labute approximate surface area is 201 Å². The molecule has 1 N–H and O–H groups in total. The third kappa shape index (κ3) is 5.28. The molecule has 0 spiro atoms. The van der Waals surface area contributed by atoms with Gasteiger partial charge in [-0.25, -0.2) is 13.1 Å². The summed E-state index contributed by atoms with van der Waals surface area (Å²) in [4.78, 5) is 2.42. The highest BCUT2D eigenvalue weighted by Gasteiger charge is 2.18. The monoisotopic (exact) mass is 467 g/mol. The van der Waals surface area contributed by atoms with E-state index in [0.29, 0.717) is 12.1 Å². The lowest BCUT2D eigenvalue weighted by atomic mass is 10.0. The summed E-state index contributed by atoms with van der Waals surface area (Å²) in [5.74, 6) is 0. The number of rotatable bonds is 8. The molecule has 0 radical (unpaired) electrons. The number of nitriles is 1. The first-order valence-electron chi connectivity index (χ1n) is 10.9. The van der Waals surface area contributed by atoms with Crippen LogP contribution in [-0.2, 0) is 23.1 Å². The van der Waals surface area contributed by atoms with E-state index in [-0.39, 0.29) is 4.90 Å². The number of aryl methyl sites for hydroxylation is 1. The fraction of sp³-hybridized carbons (Fsp3) is 0.107. The Morgan fingerprint density at radius 2 is 1.35 bits per heavy atom. The lowest BCUT2D eigenvalue weighted by Crippen LogP contribution is -2.22. The molecule has 0 fully saturated rings. The van der Waals surface area contributed by atoms with E-state index in [0.717, 1.165) is 17.7 Å². The van der Waals surface area contributed by atoms with Gasteiger partial charge >= 0.3 is 0 Å². The van der Waals surface area contributed by atoms with Gasteiger partial charge in [0.15, 0.2) is 6.19 Å². The molecule has 0 amide bonds. The molecule has 0 aliphatic heterocycles. The van der Waals surface area contributed by atoms with Crippen LogP contribution in [0.15, 0.2) is 108 Å². The van der Waals surface area contributed by atoms with Crippen molar-refractivity contribution in [2.75, 3.05) is 4.90 Å². The van der Waals surface area contributed by atoms with Crippen LogP contribution in [0.4, 0.5) is 5.69 Å². The summed E-state index contributed by atoms with van der Waals surface area (Å²) in [6.07, 6.45) is 1.51. The molecule has 0 saturated carbocycles. The summed E-state index contributed by atoms with van der Waals surface area (Å²) in [5, 5.41) is 8.82. The Balaban J connectivity index is 1.64. The molecule has 0 aromatic heterocycles. The van der Waals surface area contributed by atoms with E-state index in [1.807, 2.05) is 53.3 Å². The molecule has 34 heavy (non-hydrogen) atoms. The van der Waals surface area contributed by atoms with Crippen molar-refractivity contribution in [2.24, 2.45) is 0 Å². The van der Waals surface area contributed by atoms with E-state index in [9.17, 15) is 8.42 Å². The molecule has 0 saturated heterocycles. The molecule has 0 unspecified atom stereocenters. The number of para-hydroxylation sites is 1. The summed E-state index contributed by atoms with van der Waals surface area (Å²) in [6.45, 7) is 3.59. The first-order valence-corrected chi connectivity index (χ1v) is 12.4. The standard InChI is InChI=1S/C28H25N3O2S/c1-22-9-5-7-13-27(22)31(19-23-10-3-2-4-11-23)20-24-15-17-25(18-16-24)26-12-6-8-14-28(26)34(32,33)30-21-29/h2-18,30H,19-20H2,1H3. The van der Waals surface area contributed by atoms with Crippen LogP contribution in [0, 0.1) is 18.4 Å². The van der Waals surface area contributed by atoms with E-state index >= 15 is 0 Å². The van der Waals surface area contributed by atoms with Crippen molar-refractivity contribution in [3.8, 4) is 17.3 Å². The minimum atomic E-state index is -3.91. The summed E-state index contributed by atoms with van der Waals surface area (Å²) in [6, 6.07) is 33.3. The smallest absolute Gasteiger partial charge is 0.270 e. The van der Waals surface area contributed by atoms with E-state index in [1.165, 1.54) is 29.1 Å². The third-order valence-corrected chi connectivity index (χ3v) is 6.96. The predicted octanol–water partition coefficient (Wildman–Crippen LogP) is 5.63. The van der Waals surface area contributed by atoms with Crippen LogP contribution >= 0.6 is 0 Å². The topological polar surface area (TPSA) is 73.2 Å². The molecule has 0 aliphatic rings. The van der Waals surface area contributed by atoms with Crippen molar-refractivity contribution in [1.29, 1.82) is 5.26 Å². The summed E-state index contributed by atoms with van der Waals surface area (Å²) in [7, 11) is -3.91. The number of sulfonamides is 1. The number of benzene rings is 4. The molecule has 170 valence electrons. The Hall–Kier alpha value is -4.08. The van der Waals surface area contributed by atoms with E-state index in [4.69, 9.17) is 5.26 Å². The second-order valence-corrected chi connectivity index (χ2v) is 9.69. The van der Waals surface area contributed by atoms with E-state index in [1.54, 1.807) is 18.2 Å². The maximum Gasteiger partial charge on any atom is 0.270 e. The highest BCUT2D eigenvalue weighted by atomic mass is 32.2. The van der Waals surface area contributed by atoms with Gasteiger partial charge in [-0.15, -0.1) is 0 Å². The van der Waals surface area contributed by atoms with Crippen LogP contribution in [0.25, 0.3) is 11.1 Å². The largest absolute Gasteiger partial charge is 0.363 e. The molecule has 5 nitrogen and oxygen atoms in total. The number of anilines is 1. The van der Waals surface area contributed by atoms with Crippen LogP contribution in [0.5, 0.6) is 0 Å². The van der Waals surface area contributed by atoms with Crippen LogP contribution in [0.2, 0.25) is 0 Å². The first kappa shape index (κ1) is 23.1. The fourth-order valence-corrected chi connectivity index (χ4v) is 4.98. The molecule has 6 heteroatoms. The predicted molar refractivity (Wildman–Crippen MR) is 135 cm³/mol. The SMILES string of the molecule is Cc1ccccc1N(Cc1ccccc1)Cc1ccc(-c2ccccc2S(=O)(=O)NC#N)cc1. The third-order valence-electron chi connectivity index (χ3n) is 5.67. The van der Waals surface area contributed by atoms with Gasteiger partial charge in [0, 0.05) is 24.3 Å². The quantitative estimate of drug-likeness (QED) is 0.269. The highest BCUT2D eigenvalue weighted by Crippen LogP contribution is 2.29. The van der Waals surface area contributed by atoms with Gasteiger partial charge in [-0.1, -0.05) is 91.0 Å². The minimum absolute atomic E-state index is 0.0786. The molecule has 4 aromatic carbocycles. The zero-order valence-corrected chi connectivity index (χ0v) is 19.7. The molecule has 0 aliphatic carbocycles. The van der Waals surface area contributed by atoms with E-state index in [2.05, 4.69) is 42.2 Å². The maximum atomic E-state index is 12.5. The van der Waals surface area contributed by atoms with Crippen molar-refractivity contribution in [1.82, 2.24) is 4.72 Å². The van der Waals surface area contributed by atoms with Gasteiger partial charge in [-0.2, -0.15) is 5.26 Å². The molecule has 0 atom stereocenters. The van der Waals surface area contributed by atoms with Gasteiger partial charge < -0.3 is 4.90 Å². The van der Waals surface area contributed by atoms with E-state index < -0.39 is 10.0 Å². The average molecular weight is 468 g/mol. The number of nitrogens with zero attached hydrogens (tertiary/aromatic N) is 2. The number of nitrogens with one attached hydrogen (secondary N) is 1. The molecule has 0 bridgehead atoms.